The van der Waals surface area contributed by atoms with Crippen LogP contribution in [0.15, 0.2) is 91.0 Å². The number of halogens is 2. The zero-order chi connectivity index (χ0) is 27.2. The predicted molar refractivity (Wildman–Crippen MR) is 154 cm³/mol. The van der Waals surface area contributed by atoms with Crippen molar-refractivity contribution < 1.29 is 9.59 Å². The second-order valence-electron chi connectivity index (χ2n) is 9.25. The molecule has 0 bridgehead atoms. The number of aromatic nitrogens is 2. The molecule has 1 aliphatic rings. The molecule has 39 heavy (non-hydrogen) atoms. The minimum atomic E-state index is -0.273. The number of carbonyl (C=O) groups excluding carboxylic acids is 2. The van der Waals surface area contributed by atoms with E-state index in [1.807, 2.05) is 66.7 Å². The monoisotopic (exact) mass is 559 g/mol. The number of piperazine rings is 1. The van der Waals surface area contributed by atoms with Crippen LogP contribution in [-0.4, -0.2) is 64.5 Å². The molecule has 1 saturated heterocycles. The molecule has 0 N–H and O–H groups in total. The first-order chi connectivity index (χ1) is 19.0. The van der Waals surface area contributed by atoms with E-state index in [0.29, 0.717) is 54.0 Å². The number of carbonyl (C=O) groups is 2. The maximum Gasteiger partial charge on any atom is 0.256 e. The van der Waals surface area contributed by atoms with Gasteiger partial charge in [-0.05, 0) is 35.9 Å². The van der Waals surface area contributed by atoms with Crippen LogP contribution in [-0.2, 0) is 11.3 Å². The molecule has 2 amide bonds. The van der Waals surface area contributed by atoms with Crippen molar-refractivity contribution in [1.82, 2.24) is 20.0 Å². The third-order valence-corrected chi connectivity index (χ3v) is 7.35. The maximum absolute atomic E-state index is 13.4. The molecule has 1 fully saturated rings. The highest BCUT2D eigenvalue weighted by atomic mass is 35.5. The number of amides is 2. The summed E-state index contributed by atoms with van der Waals surface area (Å²) in [5, 5.41) is 9.75. The second-order valence-corrected chi connectivity index (χ2v) is 10.1. The van der Waals surface area contributed by atoms with Crippen molar-refractivity contribution in [1.29, 1.82) is 0 Å². The van der Waals surface area contributed by atoms with Crippen LogP contribution >= 0.6 is 23.2 Å². The third kappa shape index (κ3) is 6.38. The molecule has 4 aromatic rings. The van der Waals surface area contributed by atoms with Crippen LogP contribution in [0.3, 0.4) is 0 Å². The summed E-state index contributed by atoms with van der Waals surface area (Å²) < 4.78 is 0. The second kappa shape index (κ2) is 12.3. The number of rotatable bonds is 7. The van der Waals surface area contributed by atoms with Gasteiger partial charge in [0.05, 0.1) is 21.3 Å². The van der Waals surface area contributed by atoms with Crippen molar-refractivity contribution in [2.45, 2.75) is 6.54 Å². The van der Waals surface area contributed by atoms with Gasteiger partial charge in [0.2, 0.25) is 5.91 Å². The van der Waals surface area contributed by atoms with Crippen molar-refractivity contribution in [2.75, 3.05) is 37.6 Å². The van der Waals surface area contributed by atoms with Crippen molar-refractivity contribution in [3.05, 3.63) is 112 Å². The molecule has 0 radical (unpaired) electrons. The molecule has 0 spiro atoms. The first kappa shape index (κ1) is 26.7. The molecule has 7 nitrogen and oxygen atoms in total. The summed E-state index contributed by atoms with van der Waals surface area (Å²) in [6.45, 7) is 2.54. The Balaban J connectivity index is 1.23. The number of nitrogens with zero attached hydrogens (tertiary/aromatic N) is 5. The molecule has 2 heterocycles. The van der Waals surface area contributed by atoms with Gasteiger partial charge in [-0.3, -0.25) is 9.59 Å². The Labute approximate surface area is 237 Å². The summed E-state index contributed by atoms with van der Waals surface area (Å²) in [6, 6.07) is 27.9. The minimum absolute atomic E-state index is 0.0364. The van der Waals surface area contributed by atoms with E-state index < -0.39 is 0 Å². The lowest BCUT2D eigenvalue weighted by molar-refractivity contribution is -0.132. The topological polar surface area (TPSA) is 69.6 Å². The lowest BCUT2D eigenvalue weighted by Crippen LogP contribution is -2.52. The Morgan fingerprint density at radius 1 is 0.744 bits per heavy atom. The van der Waals surface area contributed by atoms with Crippen LogP contribution in [0, 0.1) is 0 Å². The van der Waals surface area contributed by atoms with Crippen molar-refractivity contribution >= 4 is 40.8 Å². The van der Waals surface area contributed by atoms with Gasteiger partial charge in [0.25, 0.3) is 5.91 Å². The Morgan fingerprint density at radius 2 is 1.41 bits per heavy atom. The number of anilines is 1. The van der Waals surface area contributed by atoms with Crippen molar-refractivity contribution in [2.24, 2.45) is 0 Å². The molecular weight excluding hydrogens is 533 g/mol. The van der Waals surface area contributed by atoms with Gasteiger partial charge >= 0.3 is 0 Å². The van der Waals surface area contributed by atoms with Gasteiger partial charge < -0.3 is 14.7 Å². The van der Waals surface area contributed by atoms with E-state index >= 15 is 0 Å². The molecule has 3 aromatic carbocycles. The molecule has 198 valence electrons. The quantitative estimate of drug-likeness (QED) is 0.301. The van der Waals surface area contributed by atoms with E-state index in [1.165, 1.54) is 0 Å². The van der Waals surface area contributed by atoms with Gasteiger partial charge in [0, 0.05) is 38.3 Å². The molecule has 5 rings (SSSR count). The van der Waals surface area contributed by atoms with Crippen LogP contribution in [0.1, 0.15) is 15.9 Å². The first-order valence-corrected chi connectivity index (χ1v) is 13.4. The van der Waals surface area contributed by atoms with Gasteiger partial charge in [-0.1, -0.05) is 83.9 Å². The standard InChI is InChI=1S/C30H27Cl2N5O2/c31-25-12-6-4-10-23(25)27-14-15-28(34-33-27)35-16-18-36(19-17-35)29(38)21-37(20-22-8-2-1-3-9-22)30(39)24-11-5-7-13-26(24)32/h1-15H,16-21H2. The normalized spacial score (nSPS) is 13.3. The third-order valence-electron chi connectivity index (χ3n) is 6.69. The first-order valence-electron chi connectivity index (χ1n) is 12.7. The largest absolute Gasteiger partial charge is 0.352 e. The Bertz CT molecular complexity index is 1440. The smallest absolute Gasteiger partial charge is 0.256 e. The number of benzene rings is 3. The fraction of sp³-hybridized carbons (Fsp3) is 0.200. The SMILES string of the molecule is O=C(CN(Cc1ccccc1)C(=O)c1ccccc1Cl)N1CCN(c2ccc(-c3ccccc3Cl)nn2)CC1. The van der Waals surface area contributed by atoms with Gasteiger partial charge in [-0.25, -0.2) is 0 Å². The number of hydrogen-bond donors (Lipinski definition) is 0. The van der Waals surface area contributed by atoms with Crippen molar-refractivity contribution in [3.8, 4) is 11.3 Å². The zero-order valence-electron chi connectivity index (χ0n) is 21.2. The molecule has 9 heteroatoms. The van der Waals surface area contributed by atoms with Crippen molar-refractivity contribution in [3.63, 3.8) is 0 Å². The zero-order valence-corrected chi connectivity index (χ0v) is 22.7. The van der Waals surface area contributed by atoms with Gasteiger partial charge in [0.1, 0.15) is 6.54 Å². The van der Waals surface area contributed by atoms with Crippen LogP contribution in [0.2, 0.25) is 10.0 Å². The van der Waals surface area contributed by atoms with E-state index in [4.69, 9.17) is 23.2 Å². The minimum Gasteiger partial charge on any atom is -0.352 e. The highest BCUT2D eigenvalue weighted by molar-refractivity contribution is 6.34. The predicted octanol–water partition coefficient (Wildman–Crippen LogP) is 5.44. The van der Waals surface area contributed by atoms with E-state index in [-0.39, 0.29) is 18.4 Å². The molecule has 0 atom stereocenters. The molecule has 0 saturated carbocycles. The summed E-state index contributed by atoms with van der Waals surface area (Å²) in [5.74, 6) is 0.369. The van der Waals surface area contributed by atoms with E-state index in [0.717, 1.165) is 16.9 Å². The van der Waals surface area contributed by atoms with Gasteiger partial charge in [-0.2, -0.15) is 0 Å². The maximum atomic E-state index is 13.4. The highest BCUT2D eigenvalue weighted by Gasteiger charge is 2.27. The Morgan fingerprint density at radius 3 is 2.08 bits per heavy atom. The summed E-state index contributed by atoms with van der Waals surface area (Å²) in [4.78, 5) is 32.2. The lowest BCUT2D eigenvalue weighted by atomic mass is 10.1. The Hall–Kier alpha value is -3.94. The molecule has 0 unspecified atom stereocenters. The Kier molecular flexibility index (Phi) is 8.39. The average Bonchev–Trinajstić information content (AvgIpc) is 2.98. The van der Waals surface area contributed by atoms with Crippen LogP contribution < -0.4 is 4.90 Å². The summed E-state index contributed by atoms with van der Waals surface area (Å²) in [7, 11) is 0. The van der Waals surface area contributed by atoms with E-state index in [2.05, 4.69) is 15.1 Å². The summed E-state index contributed by atoms with van der Waals surface area (Å²) in [6.07, 6.45) is 0. The molecule has 1 aromatic heterocycles. The van der Waals surface area contributed by atoms with Gasteiger partial charge in [-0.15, -0.1) is 10.2 Å². The molecule has 1 aliphatic heterocycles. The van der Waals surface area contributed by atoms with E-state index in [9.17, 15) is 9.59 Å². The molecule has 0 aliphatic carbocycles. The van der Waals surface area contributed by atoms with Crippen LogP contribution in [0.4, 0.5) is 5.82 Å². The highest BCUT2D eigenvalue weighted by Crippen LogP contribution is 2.26. The van der Waals surface area contributed by atoms with Gasteiger partial charge in [0.15, 0.2) is 5.82 Å². The molecular formula is C30H27Cl2N5O2. The van der Waals surface area contributed by atoms with E-state index in [1.54, 1.807) is 34.1 Å². The average molecular weight is 560 g/mol. The van der Waals surface area contributed by atoms with Crippen LogP contribution in [0.25, 0.3) is 11.3 Å². The number of hydrogen-bond acceptors (Lipinski definition) is 5. The lowest BCUT2D eigenvalue weighted by Gasteiger charge is -2.36. The van der Waals surface area contributed by atoms with Crippen LogP contribution in [0.5, 0.6) is 0 Å². The summed E-state index contributed by atoms with van der Waals surface area (Å²) >= 11 is 12.6. The summed E-state index contributed by atoms with van der Waals surface area (Å²) in [5.41, 5.74) is 2.86. The fourth-order valence-electron chi connectivity index (χ4n) is 4.56. The fourth-order valence-corrected chi connectivity index (χ4v) is 5.01.